The van der Waals surface area contributed by atoms with Gasteiger partial charge in [0.1, 0.15) is 5.75 Å². The maximum Gasteiger partial charge on any atom is 0.306 e. The number of hydrogen-bond acceptors (Lipinski definition) is 5. The summed E-state index contributed by atoms with van der Waals surface area (Å²) < 4.78 is 28.6. The Hall–Kier alpha value is -1.11. The molecule has 1 saturated heterocycles. The van der Waals surface area contributed by atoms with Crippen LogP contribution in [0.2, 0.25) is 0 Å². The zero-order valence-electron chi connectivity index (χ0n) is 12.1. The van der Waals surface area contributed by atoms with E-state index in [1.54, 1.807) is 4.90 Å². The first-order chi connectivity index (χ1) is 9.36. The minimum absolute atomic E-state index is 0.216. The number of likely N-dealkylation sites (tertiary alicyclic amines) is 1. The van der Waals surface area contributed by atoms with Gasteiger partial charge in [0.25, 0.3) is 0 Å². The van der Waals surface area contributed by atoms with Gasteiger partial charge in [-0.25, -0.2) is 8.42 Å². The van der Waals surface area contributed by atoms with Crippen molar-refractivity contribution in [3.63, 3.8) is 0 Å². The van der Waals surface area contributed by atoms with E-state index < -0.39 is 26.8 Å². The van der Waals surface area contributed by atoms with Gasteiger partial charge in [0.2, 0.25) is 5.91 Å². The van der Waals surface area contributed by atoms with Gasteiger partial charge in [0, 0.05) is 13.1 Å². The summed E-state index contributed by atoms with van der Waals surface area (Å²) in [5, 5.41) is -0.897. The predicted molar refractivity (Wildman–Crippen MR) is 74.9 cm³/mol. The molecule has 0 spiro atoms. The van der Waals surface area contributed by atoms with Crippen LogP contribution in [-0.4, -0.2) is 56.4 Å². The fraction of sp³-hybridized carbons (Fsp3) is 0.846. The van der Waals surface area contributed by atoms with Crippen molar-refractivity contribution >= 4 is 21.7 Å². The third-order valence-corrected chi connectivity index (χ3v) is 5.62. The topological polar surface area (TPSA) is 80.8 Å². The van der Waals surface area contributed by atoms with Crippen molar-refractivity contribution in [2.75, 3.05) is 26.0 Å². The molecule has 0 aromatic heterocycles. The number of carbonyl (C=O) groups is 2. The number of ether oxygens (including phenoxy) is 1. The lowest BCUT2D eigenvalue weighted by molar-refractivity contribution is -0.140. The number of amides is 1. The minimum Gasteiger partial charge on any atom is -0.469 e. The third-order valence-electron chi connectivity index (χ3n) is 3.58. The molecule has 0 bridgehead atoms. The lowest BCUT2D eigenvalue weighted by Gasteiger charge is -2.21. The van der Waals surface area contributed by atoms with Crippen LogP contribution in [0.15, 0.2) is 0 Å². The second-order valence-electron chi connectivity index (χ2n) is 5.19. The van der Waals surface area contributed by atoms with Gasteiger partial charge in [-0.2, -0.15) is 0 Å². The van der Waals surface area contributed by atoms with Gasteiger partial charge >= 0.3 is 5.97 Å². The Labute approximate surface area is 120 Å². The quantitative estimate of drug-likeness (QED) is 0.700. The van der Waals surface area contributed by atoms with Gasteiger partial charge in [-0.05, 0) is 19.8 Å². The number of esters is 1. The summed E-state index contributed by atoms with van der Waals surface area (Å²) in [6, 6.07) is 0. The molecule has 7 heteroatoms. The standard InChI is InChI=1S/C13H23NO5S/c1-11(9-13(16)19-2)20(17,18)10-12(15)14-7-5-3-4-6-8-14/h11H,3-10H2,1-2H3. The Kier molecular flexibility index (Phi) is 6.45. The van der Waals surface area contributed by atoms with Crippen molar-refractivity contribution in [3.05, 3.63) is 0 Å². The van der Waals surface area contributed by atoms with Gasteiger partial charge < -0.3 is 9.64 Å². The molecule has 1 atom stereocenters. The molecule has 1 amide bonds. The van der Waals surface area contributed by atoms with E-state index in [9.17, 15) is 18.0 Å². The lowest BCUT2D eigenvalue weighted by atomic mass is 10.2. The van der Waals surface area contributed by atoms with Crippen molar-refractivity contribution in [1.29, 1.82) is 0 Å². The first-order valence-electron chi connectivity index (χ1n) is 6.93. The van der Waals surface area contributed by atoms with Gasteiger partial charge in [0.05, 0.1) is 18.8 Å². The van der Waals surface area contributed by atoms with E-state index in [0.717, 1.165) is 25.7 Å². The average Bonchev–Trinajstić information content (AvgIpc) is 2.66. The van der Waals surface area contributed by atoms with Crippen LogP contribution in [0.5, 0.6) is 0 Å². The summed E-state index contributed by atoms with van der Waals surface area (Å²) in [5.74, 6) is -1.46. The number of nitrogens with zero attached hydrogens (tertiary/aromatic N) is 1. The van der Waals surface area contributed by atoms with Crippen molar-refractivity contribution in [1.82, 2.24) is 4.90 Å². The molecule has 0 N–H and O–H groups in total. The molecule has 20 heavy (non-hydrogen) atoms. The first-order valence-corrected chi connectivity index (χ1v) is 8.64. The molecular weight excluding hydrogens is 282 g/mol. The van der Waals surface area contributed by atoms with Crippen LogP contribution in [0.4, 0.5) is 0 Å². The molecule has 0 aromatic carbocycles. The van der Waals surface area contributed by atoms with Crippen LogP contribution in [-0.2, 0) is 24.2 Å². The van der Waals surface area contributed by atoms with Gasteiger partial charge in [0.15, 0.2) is 9.84 Å². The second-order valence-corrected chi connectivity index (χ2v) is 7.61. The van der Waals surface area contributed by atoms with Crippen molar-refractivity contribution in [3.8, 4) is 0 Å². The molecule has 1 aliphatic rings. The molecule has 1 aliphatic heterocycles. The molecule has 0 radical (unpaired) electrons. The zero-order valence-corrected chi connectivity index (χ0v) is 12.9. The van der Waals surface area contributed by atoms with E-state index in [4.69, 9.17) is 0 Å². The number of sulfone groups is 1. The van der Waals surface area contributed by atoms with E-state index in [-0.39, 0.29) is 12.3 Å². The number of carbonyl (C=O) groups excluding carboxylic acids is 2. The number of hydrogen-bond donors (Lipinski definition) is 0. The molecule has 1 rings (SSSR count). The summed E-state index contributed by atoms with van der Waals surface area (Å²) in [6.45, 7) is 2.68. The molecular formula is C13H23NO5S. The second kappa shape index (κ2) is 7.61. The monoisotopic (exact) mass is 305 g/mol. The SMILES string of the molecule is COC(=O)CC(C)S(=O)(=O)CC(=O)N1CCCCCC1. The maximum absolute atomic E-state index is 12.1. The number of rotatable bonds is 5. The summed E-state index contributed by atoms with van der Waals surface area (Å²) in [4.78, 5) is 24.8. The Morgan fingerprint density at radius 1 is 1.15 bits per heavy atom. The van der Waals surface area contributed by atoms with Crippen LogP contribution in [0.25, 0.3) is 0 Å². The first kappa shape index (κ1) is 16.9. The van der Waals surface area contributed by atoms with E-state index in [1.807, 2.05) is 0 Å². The maximum atomic E-state index is 12.1. The molecule has 1 fully saturated rings. The van der Waals surface area contributed by atoms with E-state index in [0.29, 0.717) is 13.1 Å². The van der Waals surface area contributed by atoms with E-state index >= 15 is 0 Å². The van der Waals surface area contributed by atoms with Crippen LogP contribution >= 0.6 is 0 Å². The zero-order chi connectivity index (χ0) is 15.2. The van der Waals surface area contributed by atoms with Crippen LogP contribution in [0, 0.1) is 0 Å². The highest BCUT2D eigenvalue weighted by atomic mass is 32.2. The molecule has 0 aromatic rings. The van der Waals surface area contributed by atoms with Crippen LogP contribution in [0.1, 0.15) is 39.0 Å². The Morgan fingerprint density at radius 3 is 2.20 bits per heavy atom. The molecule has 0 saturated carbocycles. The van der Waals surface area contributed by atoms with Crippen molar-refractivity contribution in [2.45, 2.75) is 44.3 Å². The Balaban J connectivity index is 2.60. The summed E-state index contributed by atoms with van der Waals surface area (Å²) in [7, 11) is -2.41. The number of methoxy groups -OCH3 is 1. The fourth-order valence-electron chi connectivity index (χ4n) is 2.17. The van der Waals surface area contributed by atoms with Crippen molar-refractivity contribution in [2.24, 2.45) is 0 Å². The summed E-state index contributed by atoms with van der Waals surface area (Å²) in [6.07, 6.45) is 3.78. The Morgan fingerprint density at radius 2 is 1.70 bits per heavy atom. The third kappa shape index (κ3) is 5.11. The van der Waals surface area contributed by atoms with Gasteiger partial charge in [-0.3, -0.25) is 9.59 Å². The smallest absolute Gasteiger partial charge is 0.306 e. The summed E-state index contributed by atoms with van der Waals surface area (Å²) >= 11 is 0. The van der Waals surface area contributed by atoms with E-state index in [2.05, 4.69) is 4.74 Å². The molecule has 1 unspecified atom stereocenters. The minimum atomic E-state index is -3.62. The molecule has 0 aliphatic carbocycles. The highest BCUT2D eigenvalue weighted by molar-refractivity contribution is 7.92. The predicted octanol–water partition coefficient (Wildman–Crippen LogP) is 0.755. The lowest BCUT2D eigenvalue weighted by Crippen LogP contribution is -2.39. The summed E-state index contributed by atoms with van der Waals surface area (Å²) in [5.41, 5.74) is 0. The highest BCUT2D eigenvalue weighted by Gasteiger charge is 2.29. The fourth-order valence-corrected chi connectivity index (χ4v) is 3.37. The average molecular weight is 305 g/mol. The van der Waals surface area contributed by atoms with E-state index in [1.165, 1.54) is 14.0 Å². The van der Waals surface area contributed by atoms with Gasteiger partial charge in [-0.15, -0.1) is 0 Å². The highest BCUT2D eigenvalue weighted by Crippen LogP contribution is 2.13. The van der Waals surface area contributed by atoms with Crippen molar-refractivity contribution < 1.29 is 22.7 Å². The molecule has 116 valence electrons. The molecule has 6 nitrogen and oxygen atoms in total. The van der Waals surface area contributed by atoms with Crippen LogP contribution < -0.4 is 0 Å². The van der Waals surface area contributed by atoms with Gasteiger partial charge in [-0.1, -0.05) is 12.8 Å². The van der Waals surface area contributed by atoms with Crippen LogP contribution in [0.3, 0.4) is 0 Å². The molecule has 1 heterocycles. The largest absolute Gasteiger partial charge is 0.469 e. The normalized spacial score (nSPS) is 18.2. The Bertz CT molecular complexity index is 438.